The van der Waals surface area contributed by atoms with Crippen LogP contribution in [-0.4, -0.2) is 54.5 Å². The highest BCUT2D eigenvalue weighted by molar-refractivity contribution is 7.91. The van der Waals surface area contributed by atoms with Crippen LogP contribution < -0.4 is 0 Å². The minimum atomic E-state index is -3.00. The van der Waals surface area contributed by atoms with Gasteiger partial charge in [0.25, 0.3) is 0 Å². The van der Waals surface area contributed by atoms with Gasteiger partial charge in [-0.15, -0.1) is 0 Å². The average molecular weight is 235 g/mol. The van der Waals surface area contributed by atoms with Gasteiger partial charge in [-0.05, 0) is 20.3 Å². The summed E-state index contributed by atoms with van der Waals surface area (Å²) >= 11 is 0. The number of rotatable bonds is 4. The molecule has 0 aromatic rings. The highest BCUT2D eigenvalue weighted by Crippen LogP contribution is 2.23. The monoisotopic (exact) mass is 235 g/mol. The summed E-state index contributed by atoms with van der Waals surface area (Å²) in [6.45, 7) is 3.25. The molecule has 1 heterocycles. The van der Waals surface area contributed by atoms with Crippen molar-refractivity contribution in [1.82, 2.24) is 4.90 Å². The lowest BCUT2D eigenvalue weighted by atomic mass is 10.0. The fourth-order valence-electron chi connectivity index (χ4n) is 1.80. The molecule has 0 aromatic carbocycles. The minimum absolute atomic E-state index is 0.00910. The number of carbonyl (C=O) groups excluding carboxylic acids is 1. The Balaban J connectivity index is 2.82. The van der Waals surface area contributed by atoms with E-state index in [-0.39, 0.29) is 24.2 Å². The largest absolute Gasteiger partial charge is 0.394 e. The molecule has 6 heteroatoms. The Morgan fingerprint density at radius 1 is 1.53 bits per heavy atom. The summed E-state index contributed by atoms with van der Waals surface area (Å²) in [5.74, 6) is 0.138. The minimum Gasteiger partial charge on any atom is -0.394 e. The number of hydrogen-bond donors (Lipinski definition) is 1. The number of hydrogen-bond acceptors (Lipinski definition) is 4. The van der Waals surface area contributed by atoms with Gasteiger partial charge in [0.1, 0.15) is 0 Å². The third-order valence-electron chi connectivity index (χ3n) is 2.80. The van der Waals surface area contributed by atoms with Crippen LogP contribution in [0.25, 0.3) is 0 Å². The zero-order chi connectivity index (χ0) is 11.7. The molecule has 0 bridgehead atoms. The Labute approximate surface area is 90.0 Å². The van der Waals surface area contributed by atoms with Gasteiger partial charge >= 0.3 is 0 Å². The molecule has 1 atom stereocenters. The van der Waals surface area contributed by atoms with Gasteiger partial charge in [0.05, 0.1) is 23.7 Å². The number of sulfone groups is 1. The molecule has 0 saturated carbocycles. The summed E-state index contributed by atoms with van der Waals surface area (Å²) in [4.78, 5) is 12.3. The van der Waals surface area contributed by atoms with E-state index in [0.717, 1.165) is 0 Å². The first-order valence-electron chi connectivity index (χ1n) is 4.87. The first-order valence-corrected chi connectivity index (χ1v) is 6.69. The quantitative estimate of drug-likeness (QED) is 0.660. The van der Waals surface area contributed by atoms with Crippen molar-refractivity contribution in [2.45, 2.75) is 31.8 Å². The van der Waals surface area contributed by atoms with Crippen molar-refractivity contribution >= 4 is 16.2 Å². The average Bonchev–Trinajstić information content (AvgIpc) is 2.47. The number of aliphatic hydroxyl groups is 1. The van der Waals surface area contributed by atoms with Crippen molar-refractivity contribution in [3.8, 4) is 0 Å². The van der Waals surface area contributed by atoms with Crippen LogP contribution >= 0.6 is 0 Å². The third-order valence-corrected chi connectivity index (χ3v) is 4.55. The predicted octanol–water partition coefficient (Wildman–Crippen LogP) is -0.597. The van der Waals surface area contributed by atoms with Crippen LogP contribution in [0.3, 0.4) is 0 Å². The number of nitrogens with zero attached hydrogens (tertiary/aromatic N) is 1. The van der Waals surface area contributed by atoms with Crippen molar-refractivity contribution < 1.29 is 18.3 Å². The summed E-state index contributed by atoms with van der Waals surface area (Å²) in [5, 5.41) is 9.14. The predicted molar refractivity (Wildman–Crippen MR) is 56.1 cm³/mol. The summed E-state index contributed by atoms with van der Waals surface area (Å²) < 4.78 is 22.5. The summed E-state index contributed by atoms with van der Waals surface area (Å²) in [5.41, 5.74) is -0.702. The van der Waals surface area contributed by atoms with Crippen molar-refractivity contribution in [2.24, 2.45) is 0 Å². The SMILES string of the molecule is CC(C)(CO)N(C=O)[C@H]1CCS(=O)(=O)C1. The van der Waals surface area contributed by atoms with Crippen LogP contribution in [0.2, 0.25) is 0 Å². The topological polar surface area (TPSA) is 74.7 Å². The second-order valence-corrected chi connectivity index (χ2v) is 6.77. The van der Waals surface area contributed by atoms with E-state index in [0.29, 0.717) is 12.8 Å². The Morgan fingerprint density at radius 3 is 2.47 bits per heavy atom. The second-order valence-electron chi connectivity index (χ2n) is 4.54. The molecule has 88 valence electrons. The van der Waals surface area contributed by atoms with Crippen LogP contribution in [0.5, 0.6) is 0 Å². The van der Waals surface area contributed by atoms with E-state index < -0.39 is 15.4 Å². The van der Waals surface area contributed by atoms with Crippen LogP contribution in [0.15, 0.2) is 0 Å². The van der Waals surface area contributed by atoms with E-state index in [2.05, 4.69) is 0 Å². The van der Waals surface area contributed by atoms with Gasteiger partial charge in [0.15, 0.2) is 9.84 Å². The number of carbonyl (C=O) groups is 1. The highest BCUT2D eigenvalue weighted by Gasteiger charge is 2.37. The molecule has 0 aromatic heterocycles. The van der Waals surface area contributed by atoms with Gasteiger partial charge in [0, 0.05) is 6.04 Å². The molecule has 15 heavy (non-hydrogen) atoms. The smallest absolute Gasteiger partial charge is 0.210 e. The van der Waals surface area contributed by atoms with Gasteiger partial charge in [-0.1, -0.05) is 0 Å². The molecule has 5 nitrogen and oxygen atoms in total. The Hall–Kier alpha value is -0.620. The number of aliphatic hydroxyl groups excluding tert-OH is 1. The summed E-state index contributed by atoms with van der Waals surface area (Å²) in [6.07, 6.45) is 1.09. The molecular formula is C9H17NO4S. The molecular weight excluding hydrogens is 218 g/mol. The lowest BCUT2D eigenvalue weighted by Crippen LogP contribution is -2.51. The first-order chi connectivity index (χ1) is 6.82. The van der Waals surface area contributed by atoms with Crippen LogP contribution in [0.1, 0.15) is 20.3 Å². The standard InChI is InChI=1S/C9H17NO4S/c1-9(2,6-11)10(7-12)8-3-4-15(13,14)5-8/h7-8,11H,3-6H2,1-2H3/t8-/m0/s1. The highest BCUT2D eigenvalue weighted by atomic mass is 32.2. The van der Waals surface area contributed by atoms with Crippen molar-refractivity contribution in [3.63, 3.8) is 0 Å². The van der Waals surface area contributed by atoms with Crippen molar-refractivity contribution in [2.75, 3.05) is 18.1 Å². The first kappa shape index (κ1) is 12.4. The molecule has 1 aliphatic rings. The van der Waals surface area contributed by atoms with Gasteiger partial charge in [0.2, 0.25) is 6.41 Å². The summed E-state index contributed by atoms with van der Waals surface area (Å²) in [6, 6.07) is -0.297. The zero-order valence-electron chi connectivity index (χ0n) is 9.01. The molecule has 1 fully saturated rings. The Kier molecular flexibility index (Phi) is 3.40. The van der Waals surface area contributed by atoms with Gasteiger partial charge in [-0.3, -0.25) is 4.79 Å². The van der Waals surface area contributed by atoms with Gasteiger partial charge < -0.3 is 10.0 Å². The molecule has 0 spiro atoms. The second kappa shape index (κ2) is 4.09. The fourth-order valence-corrected chi connectivity index (χ4v) is 3.51. The van der Waals surface area contributed by atoms with Crippen LogP contribution in [0.4, 0.5) is 0 Å². The zero-order valence-corrected chi connectivity index (χ0v) is 9.83. The van der Waals surface area contributed by atoms with E-state index in [9.17, 15) is 13.2 Å². The maximum atomic E-state index is 11.3. The van der Waals surface area contributed by atoms with E-state index >= 15 is 0 Å². The van der Waals surface area contributed by atoms with Gasteiger partial charge in [-0.25, -0.2) is 8.42 Å². The molecule has 0 aliphatic carbocycles. The van der Waals surface area contributed by atoms with E-state index in [1.54, 1.807) is 13.8 Å². The van der Waals surface area contributed by atoms with E-state index in [1.165, 1.54) is 4.90 Å². The maximum absolute atomic E-state index is 11.3. The summed E-state index contributed by atoms with van der Waals surface area (Å²) in [7, 11) is -3.00. The maximum Gasteiger partial charge on any atom is 0.210 e. The normalized spacial score (nSPS) is 25.1. The number of amides is 1. The fraction of sp³-hybridized carbons (Fsp3) is 0.889. The molecule has 1 aliphatic heterocycles. The Morgan fingerprint density at radius 2 is 2.13 bits per heavy atom. The molecule has 1 N–H and O–H groups in total. The van der Waals surface area contributed by atoms with E-state index in [4.69, 9.17) is 5.11 Å². The molecule has 1 rings (SSSR count). The molecule has 0 radical (unpaired) electrons. The van der Waals surface area contributed by atoms with E-state index in [1.807, 2.05) is 0 Å². The van der Waals surface area contributed by atoms with Crippen molar-refractivity contribution in [3.05, 3.63) is 0 Å². The molecule has 0 unspecified atom stereocenters. The lowest BCUT2D eigenvalue weighted by Gasteiger charge is -2.38. The van der Waals surface area contributed by atoms with Crippen LogP contribution in [0, 0.1) is 0 Å². The van der Waals surface area contributed by atoms with Gasteiger partial charge in [-0.2, -0.15) is 0 Å². The lowest BCUT2D eigenvalue weighted by molar-refractivity contribution is -0.127. The van der Waals surface area contributed by atoms with Crippen molar-refractivity contribution in [1.29, 1.82) is 0 Å². The van der Waals surface area contributed by atoms with Crippen LogP contribution in [-0.2, 0) is 14.6 Å². The third kappa shape index (κ3) is 2.69. The Bertz CT molecular complexity index is 336. The molecule has 1 amide bonds. The molecule has 1 saturated heterocycles.